The van der Waals surface area contributed by atoms with Crippen LogP contribution in [0.2, 0.25) is 0 Å². The molecule has 5 heteroatoms. The lowest BCUT2D eigenvalue weighted by Gasteiger charge is -2.14. The molecule has 5 nitrogen and oxygen atoms in total. The van der Waals surface area contributed by atoms with Crippen molar-refractivity contribution in [3.63, 3.8) is 0 Å². The third-order valence-electron chi connectivity index (χ3n) is 5.21. The highest BCUT2D eigenvalue weighted by atomic mass is 16.2. The minimum atomic E-state index is -0.199. The van der Waals surface area contributed by atoms with Crippen molar-refractivity contribution >= 4 is 23.4 Å². The fraction of sp³-hybridized carbons (Fsp3) is 0.160. The third kappa shape index (κ3) is 4.46. The van der Waals surface area contributed by atoms with Gasteiger partial charge in [-0.05, 0) is 41.3 Å². The molecule has 0 radical (unpaired) electrons. The molecule has 0 aliphatic carbocycles. The Kier molecular flexibility index (Phi) is 5.70. The molecule has 3 aromatic rings. The second-order valence-corrected chi connectivity index (χ2v) is 7.34. The lowest BCUT2D eigenvalue weighted by molar-refractivity contribution is -0.139. The van der Waals surface area contributed by atoms with Crippen LogP contribution in [0.25, 0.3) is 0 Å². The van der Waals surface area contributed by atoms with Crippen LogP contribution in [0.15, 0.2) is 78.9 Å². The van der Waals surface area contributed by atoms with E-state index in [4.69, 9.17) is 0 Å². The molecule has 150 valence electrons. The van der Waals surface area contributed by atoms with E-state index in [0.29, 0.717) is 5.56 Å². The normalized spacial score (nSPS) is 13.5. The van der Waals surface area contributed by atoms with E-state index in [9.17, 15) is 14.4 Å². The molecule has 1 aliphatic heterocycles. The van der Waals surface area contributed by atoms with Gasteiger partial charge in [0.1, 0.15) is 0 Å². The van der Waals surface area contributed by atoms with Gasteiger partial charge in [0.05, 0.1) is 6.54 Å². The molecular weight excluding hydrogens is 376 g/mol. The summed E-state index contributed by atoms with van der Waals surface area (Å²) < 4.78 is 0. The van der Waals surface area contributed by atoms with Crippen molar-refractivity contribution in [1.82, 2.24) is 4.90 Å². The summed E-state index contributed by atoms with van der Waals surface area (Å²) >= 11 is 0. The molecular formula is C25H22N2O3. The van der Waals surface area contributed by atoms with Gasteiger partial charge in [0.2, 0.25) is 11.8 Å². The van der Waals surface area contributed by atoms with E-state index >= 15 is 0 Å². The predicted molar refractivity (Wildman–Crippen MR) is 115 cm³/mol. The summed E-state index contributed by atoms with van der Waals surface area (Å²) in [5.74, 6) is -0.482. The number of carbonyl (C=O) groups is 3. The third-order valence-corrected chi connectivity index (χ3v) is 5.21. The number of imide groups is 1. The van der Waals surface area contributed by atoms with Gasteiger partial charge in [-0.15, -0.1) is 0 Å². The smallest absolute Gasteiger partial charge is 0.255 e. The van der Waals surface area contributed by atoms with Crippen LogP contribution >= 0.6 is 0 Å². The first-order valence-electron chi connectivity index (χ1n) is 9.95. The summed E-state index contributed by atoms with van der Waals surface area (Å²) in [6.45, 7) is 0.249. The van der Waals surface area contributed by atoms with Gasteiger partial charge in [0, 0.05) is 24.1 Å². The molecule has 0 atom stereocenters. The molecule has 3 amide bonds. The standard InChI is InChI=1S/C25H22N2O3/c28-23-14-15-24(29)27(23)17-19-10-12-20(13-11-19)25(30)26-22-9-5-4-8-21(22)16-18-6-2-1-3-7-18/h1-13H,14-17H2,(H,26,30). The Bertz CT molecular complexity index is 1060. The number of para-hydroxylation sites is 1. The summed E-state index contributed by atoms with van der Waals surface area (Å²) in [7, 11) is 0. The SMILES string of the molecule is O=C(Nc1ccccc1Cc1ccccc1)c1ccc(CN2C(=O)CCC2=O)cc1. The second-order valence-electron chi connectivity index (χ2n) is 7.34. The maximum absolute atomic E-state index is 12.7. The van der Waals surface area contributed by atoms with E-state index in [1.165, 1.54) is 10.5 Å². The van der Waals surface area contributed by atoms with Crippen LogP contribution in [-0.2, 0) is 22.6 Å². The Balaban J connectivity index is 1.44. The maximum Gasteiger partial charge on any atom is 0.255 e. The zero-order chi connectivity index (χ0) is 20.9. The molecule has 0 spiro atoms. The summed E-state index contributed by atoms with van der Waals surface area (Å²) in [5, 5.41) is 3.00. The van der Waals surface area contributed by atoms with Crippen LogP contribution in [0.5, 0.6) is 0 Å². The Hall–Kier alpha value is -3.73. The van der Waals surface area contributed by atoms with Gasteiger partial charge in [0.25, 0.3) is 5.91 Å². The van der Waals surface area contributed by atoms with Gasteiger partial charge in [-0.25, -0.2) is 0 Å². The van der Waals surface area contributed by atoms with Crippen LogP contribution in [0.1, 0.15) is 39.9 Å². The highest BCUT2D eigenvalue weighted by Gasteiger charge is 2.28. The molecule has 1 saturated heterocycles. The molecule has 0 saturated carbocycles. The maximum atomic E-state index is 12.7. The van der Waals surface area contributed by atoms with Crippen molar-refractivity contribution < 1.29 is 14.4 Å². The number of likely N-dealkylation sites (tertiary alicyclic amines) is 1. The molecule has 1 heterocycles. The fourth-order valence-electron chi connectivity index (χ4n) is 3.55. The molecule has 1 fully saturated rings. The monoisotopic (exact) mass is 398 g/mol. The van der Waals surface area contributed by atoms with E-state index in [-0.39, 0.29) is 37.1 Å². The highest BCUT2D eigenvalue weighted by Crippen LogP contribution is 2.21. The topological polar surface area (TPSA) is 66.5 Å². The minimum Gasteiger partial charge on any atom is -0.322 e. The molecule has 30 heavy (non-hydrogen) atoms. The predicted octanol–water partition coefficient (Wildman–Crippen LogP) is 4.18. The van der Waals surface area contributed by atoms with Crippen LogP contribution in [-0.4, -0.2) is 22.6 Å². The number of hydrogen-bond donors (Lipinski definition) is 1. The fourth-order valence-corrected chi connectivity index (χ4v) is 3.55. The van der Waals surface area contributed by atoms with Crippen molar-refractivity contribution in [2.45, 2.75) is 25.8 Å². The Morgan fingerprint density at radius 3 is 2.10 bits per heavy atom. The van der Waals surface area contributed by atoms with E-state index < -0.39 is 0 Å². The first-order chi connectivity index (χ1) is 14.6. The number of nitrogens with one attached hydrogen (secondary N) is 1. The van der Waals surface area contributed by atoms with Crippen LogP contribution in [0, 0.1) is 0 Å². The van der Waals surface area contributed by atoms with Gasteiger partial charge in [-0.1, -0.05) is 60.7 Å². The van der Waals surface area contributed by atoms with Crippen molar-refractivity contribution in [1.29, 1.82) is 0 Å². The van der Waals surface area contributed by atoms with Gasteiger partial charge in [-0.2, -0.15) is 0 Å². The van der Waals surface area contributed by atoms with E-state index in [1.807, 2.05) is 42.5 Å². The van der Waals surface area contributed by atoms with Crippen molar-refractivity contribution in [2.24, 2.45) is 0 Å². The van der Waals surface area contributed by atoms with Gasteiger partial charge in [-0.3, -0.25) is 19.3 Å². The number of hydrogen-bond acceptors (Lipinski definition) is 3. The van der Waals surface area contributed by atoms with Crippen LogP contribution < -0.4 is 5.32 Å². The Morgan fingerprint density at radius 1 is 0.767 bits per heavy atom. The summed E-state index contributed by atoms with van der Waals surface area (Å²) in [4.78, 5) is 37.6. The molecule has 3 aromatic carbocycles. The minimum absolute atomic E-state index is 0.142. The second kappa shape index (κ2) is 8.74. The zero-order valence-electron chi connectivity index (χ0n) is 16.5. The molecule has 0 aromatic heterocycles. The number of benzene rings is 3. The molecule has 0 unspecified atom stereocenters. The molecule has 0 bridgehead atoms. The number of carbonyl (C=O) groups excluding carboxylic acids is 3. The van der Waals surface area contributed by atoms with E-state index in [2.05, 4.69) is 17.4 Å². The number of nitrogens with zero attached hydrogens (tertiary/aromatic N) is 1. The number of amides is 3. The highest BCUT2D eigenvalue weighted by molar-refractivity contribution is 6.05. The van der Waals surface area contributed by atoms with Crippen molar-refractivity contribution in [3.05, 3.63) is 101 Å². The lowest BCUT2D eigenvalue weighted by atomic mass is 10.0. The molecule has 1 N–H and O–H groups in total. The largest absolute Gasteiger partial charge is 0.322 e. The first kappa shape index (κ1) is 19.6. The first-order valence-corrected chi connectivity index (χ1v) is 9.95. The number of rotatable bonds is 6. The van der Waals surface area contributed by atoms with E-state index in [0.717, 1.165) is 23.2 Å². The average Bonchev–Trinajstić information content (AvgIpc) is 3.08. The Labute approximate surface area is 175 Å². The van der Waals surface area contributed by atoms with Gasteiger partial charge in [0.15, 0.2) is 0 Å². The van der Waals surface area contributed by atoms with Crippen LogP contribution in [0.4, 0.5) is 5.69 Å². The summed E-state index contributed by atoms with van der Waals surface area (Å²) in [5.41, 5.74) is 4.34. The average molecular weight is 398 g/mol. The summed E-state index contributed by atoms with van der Waals surface area (Å²) in [6.07, 6.45) is 1.29. The van der Waals surface area contributed by atoms with E-state index in [1.54, 1.807) is 24.3 Å². The van der Waals surface area contributed by atoms with Gasteiger partial charge >= 0.3 is 0 Å². The lowest BCUT2D eigenvalue weighted by Crippen LogP contribution is -2.28. The Morgan fingerprint density at radius 2 is 1.40 bits per heavy atom. The quantitative estimate of drug-likeness (QED) is 0.634. The molecule has 1 aliphatic rings. The van der Waals surface area contributed by atoms with Crippen molar-refractivity contribution in [2.75, 3.05) is 5.32 Å². The number of anilines is 1. The van der Waals surface area contributed by atoms with Gasteiger partial charge < -0.3 is 5.32 Å². The molecule has 4 rings (SSSR count). The van der Waals surface area contributed by atoms with Crippen LogP contribution in [0.3, 0.4) is 0 Å². The van der Waals surface area contributed by atoms with Crippen molar-refractivity contribution in [3.8, 4) is 0 Å². The summed E-state index contributed by atoms with van der Waals surface area (Å²) in [6, 6.07) is 24.9. The zero-order valence-corrected chi connectivity index (χ0v) is 16.5.